The number of esters is 1. The van der Waals surface area contributed by atoms with Gasteiger partial charge < -0.3 is 4.74 Å². The van der Waals surface area contributed by atoms with E-state index in [9.17, 15) is 13.2 Å². The van der Waals surface area contributed by atoms with Gasteiger partial charge in [0.2, 0.25) is 10.0 Å². The fourth-order valence-electron chi connectivity index (χ4n) is 2.04. The third-order valence-corrected chi connectivity index (χ3v) is 4.52. The number of hydrogen-bond donors (Lipinski definition) is 1. The largest absolute Gasteiger partial charge is 0.469 e. The van der Waals surface area contributed by atoms with Crippen molar-refractivity contribution in [1.29, 1.82) is 0 Å². The van der Waals surface area contributed by atoms with Gasteiger partial charge in [0.15, 0.2) is 0 Å². The van der Waals surface area contributed by atoms with Gasteiger partial charge in [-0.3, -0.25) is 4.79 Å². The first-order chi connectivity index (χ1) is 8.03. The average Bonchev–Trinajstić information content (AvgIpc) is 2.79. The number of hydrogen-bond acceptors (Lipinski definition) is 4. The molecular weight excluding hydrogens is 242 g/mol. The maximum Gasteiger partial charge on any atom is 0.305 e. The zero-order valence-electron chi connectivity index (χ0n) is 10.3. The SMILES string of the molecule is COC(=O)CCCS(=O)(=O)NCC1CCCC1. The molecule has 0 atom stereocenters. The minimum Gasteiger partial charge on any atom is -0.469 e. The highest BCUT2D eigenvalue weighted by Crippen LogP contribution is 2.23. The van der Waals surface area contributed by atoms with E-state index in [4.69, 9.17) is 0 Å². The van der Waals surface area contributed by atoms with Gasteiger partial charge in [-0.15, -0.1) is 0 Å². The second-order valence-corrected chi connectivity index (χ2v) is 6.42. The normalized spacial score (nSPS) is 17.2. The smallest absolute Gasteiger partial charge is 0.305 e. The number of rotatable bonds is 7. The van der Waals surface area contributed by atoms with E-state index in [1.807, 2.05) is 0 Å². The summed E-state index contributed by atoms with van der Waals surface area (Å²) in [7, 11) is -1.93. The molecule has 1 fully saturated rings. The highest BCUT2D eigenvalue weighted by atomic mass is 32.2. The van der Waals surface area contributed by atoms with Crippen molar-refractivity contribution in [2.24, 2.45) is 5.92 Å². The molecule has 0 aromatic carbocycles. The number of ether oxygens (including phenoxy) is 1. The van der Waals surface area contributed by atoms with Gasteiger partial charge in [-0.1, -0.05) is 12.8 Å². The minimum absolute atomic E-state index is 0.00514. The van der Waals surface area contributed by atoms with Crippen LogP contribution in [0.2, 0.25) is 0 Å². The van der Waals surface area contributed by atoms with E-state index >= 15 is 0 Å². The lowest BCUT2D eigenvalue weighted by Crippen LogP contribution is -2.30. The molecule has 0 aromatic heterocycles. The molecule has 0 heterocycles. The molecule has 0 spiro atoms. The Bertz CT molecular complexity index is 333. The Morgan fingerprint density at radius 3 is 2.59 bits per heavy atom. The monoisotopic (exact) mass is 263 g/mol. The Hall–Kier alpha value is -0.620. The van der Waals surface area contributed by atoms with Crippen LogP contribution in [0.5, 0.6) is 0 Å². The highest BCUT2D eigenvalue weighted by molar-refractivity contribution is 7.89. The van der Waals surface area contributed by atoms with Gasteiger partial charge >= 0.3 is 5.97 Å². The molecule has 0 aliphatic heterocycles. The van der Waals surface area contributed by atoms with Crippen LogP contribution in [-0.2, 0) is 19.6 Å². The Morgan fingerprint density at radius 2 is 2.00 bits per heavy atom. The summed E-state index contributed by atoms with van der Waals surface area (Å²) in [6.45, 7) is 0.542. The van der Waals surface area contributed by atoms with Crippen molar-refractivity contribution in [3.8, 4) is 0 Å². The summed E-state index contributed by atoms with van der Waals surface area (Å²) < 4.78 is 30.3. The highest BCUT2D eigenvalue weighted by Gasteiger charge is 2.18. The van der Waals surface area contributed by atoms with Crippen LogP contribution in [0.1, 0.15) is 38.5 Å². The van der Waals surface area contributed by atoms with E-state index in [1.54, 1.807) is 0 Å². The minimum atomic E-state index is -3.23. The summed E-state index contributed by atoms with van der Waals surface area (Å²) in [5.41, 5.74) is 0. The van der Waals surface area contributed by atoms with Gasteiger partial charge in [0.25, 0.3) is 0 Å². The maximum atomic E-state index is 11.6. The molecule has 5 nitrogen and oxygen atoms in total. The van der Waals surface area contributed by atoms with Crippen molar-refractivity contribution in [3.05, 3.63) is 0 Å². The number of carbonyl (C=O) groups excluding carboxylic acids is 1. The van der Waals surface area contributed by atoms with Crippen LogP contribution in [0.3, 0.4) is 0 Å². The third kappa shape index (κ3) is 6.02. The first kappa shape index (κ1) is 14.4. The van der Waals surface area contributed by atoms with E-state index in [0.29, 0.717) is 18.9 Å². The van der Waals surface area contributed by atoms with Crippen LogP contribution in [0, 0.1) is 5.92 Å². The van der Waals surface area contributed by atoms with Gasteiger partial charge in [0.05, 0.1) is 12.9 Å². The number of methoxy groups -OCH3 is 1. The fraction of sp³-hybridized carbons (Fsp3) is 0.909. The molecule has 1 rings (SSSR count). The van der Waals surface area contributed by atoms with E-state index < -0.39 is 10.0 Å². The zero-order valence-corrected chi connectivity index (χ0v) is 11.1. The second kappa shape index (κ2) is 6.96. The Labute approximate surface area is 103 Å². The molecule has 1 saturated carbocycles. The molecule has 0 bridgehead atoms. The van der Waals surface area contributed by atoms with Crippen molar-refractivity contribution in [1.82, 2.24) is 4.72 Å². The standard InChI is InChI=1S/C11H21NO4S/c1-16-11(13)7-4-8-17(14,15)12-9-10-5-2-3-6-10/h10,12H,2-9H2,1H3. The Kier molecular flexibility index (Phi) is 5.91. The fourth-order valence-corrected chi connectivity index (χ4v) is 3.20. The lowest BCUT2D eigenvalue weighted by Gasteiger charge is -2.10. The zero-order chi connectivity index (χ0) is 12.7. The van der Waals surface area contributed by atoms with Crippen molar-refractivity contribution in [2.75, 3.05) is 19.4 Å². The molecule has 1 aliphatic rings. The Balaban J connectivity index is 2.18. The van der Waals surface area contributed by atoms with Crippen molar-refractivity contribution in [3.63, 3.8) is 0 Å². The summed E-state index contributed by atoms with van der Waals surface area (Å²) in [6.07, 6.45) is 5.10. The van der Waals surface area contributed by atoms with Crippen LogP contribution in [0.15, 0.2) is 0 Å². The first-order valence-electron chi connectivity index (χ1n) is 6.07. The number of nitrogens with one attached hydrogen (secondary N) is 1. The predicted molar refractivity (Wildman–Crippen MR) is 65.0 cm³/mol. The van der Waals surface area contributed by atoms with Crippen molar-refractivity contribution in [2.45, 2.75) is 38.5 Å². The lowest BCUT2D eigenvalue weighted by molar-refractivity contribution is -0.140. The van der Waals surface area contributed by atoms with Crippen LogP contribution in [0.25, 0.3) is 0 Å². The van der Waals surface area contributed by atoms with Gasteiger partial charge in [-0.05, 0) is 25.2 Å². The van der Waals surface area contributed by atoms with Crippen molar-refractivity contribution >= 4 is 16.0 Å². The van der Waals surface area contributed by atoms with Gasteiger partial charge in [0, 0.05) is 13.0 Å². The molecule has 0 saturated heterocycles. The third-order valence-electron chi connectivity index (χ3n) is 3.09. The predicted octanol–water partition coefficient (Wildman–Crippen LogP) is 1.05. The van der Waals surface area contributed by atoms with Gasteiger partial charge in [-0.25, -0.2) is 13.1 Å². The summed E-state index contributed by atoms with van der Waals surface area (Å²) in [6, 6.07) is 0. The van der Waals surface area contributed by atoms with E-state index in [-0.39, 0.29) is 18.1 Å². The first-order valence-corrected chi connectivity index (χ1v) is 7.73. The molecular formula is C11H21NO4S. The number of carbonyl (C=O) groups is 1. The van der Waals surface area contributed by atoms with E-state index in [2.05, 4.69) is 9.46 Å². The van der Waals surface area contributed by atoms with E-state index in [1.165, 1.54) is 20.0 Å². The molecule has 0 aromatic rings. The lowest BCUT2D eigenvalue weighted by atomic mass is 10.1. The molecule has 100 valence electrons. The molecule has 0 radical (unpaired) electrons. The summed E-state index contributed by atoms with van der Waals surface area (Å²) >= 11 is 0. The van der Waals surface area contributed by atoms with Crippen LogP contribution >= 0.6 is 0 Å². The molecule has 0 unspecified atom stereocenters. The molecule has 1 N–H and O–H groups in total. The van der Waals surface area contributed by atoms with Crippen molar-refractivity contribution < 1.29 is 17.9 Å². The van der Waals surface area contributed by atoms with Gasteiger partial charge in [-0.2, -0.15) is 0 Å². The second-order valence-electron chi connectivity index (χ2n) is 4.50. The molecule has 0 amide bonds. The topological polar surface area (TPSA) is 72.5 Å². The summed E-state index contributed by atoms with van der Waals surface area (Å²) in [5, 5.41) is 0. The van der Waals surface area contributed by atoms with Crippen LogP contribution in [-0.4, -0.2) is 33.8 Å². The number of sulfonamides is 1. The summed E-state index contributed by atoms with van der Waals surface area (Å²) in [5.74, 6) is 0.121. The Morgan fingerprint density at radius 1 is 1.35 bits per heavy atom. The average molecular weight is 263 g/mol. The van der Waals surface area contributed by atoms with Crippen LogP contribution in [0.4, 0.5) is 0 Å². The van der Waals surface area contributed by atoms with Crippen LogP contribution < -0.4 is 4.72 Å². The molecule has 6 heteroatoms. The van der Waals surface area contributed by atoms with E-state index in [0.717, 1.165) is 12.8 Å². The maximum absolute atomic E-state index is 11.6. The molecule has 17 heavy (non-hydrogen) atoms. The summed E-state index contributed by atoms with van der Waals surface area (Å²) in [4.78, 5) is 10.8. The van der Waals surface area contributed by atoms with Gasteiger partial charge in [0.1, 0.15) is 0 Å². The quantitative estimate of drug-likeness (QED) is 0.697. The molecule has 1 aliphatic carbocycles.